The maximum Gasteiger partial charge on any atom is 0.335 e. The molecule has 0 aliphatic rings. The number of benzene rings is 2. The molecule has 0 fully saturated rings. The van der Waals surface area contributed by atoms with Crippen molar-refractivity contribution in [3.63, 3.8) is 0 Å². The predicted molar refractivity (Wildman–Crippen MR) is 126 cm³/mol. The second-order valence-electron chi connectivity index (χ2n) is 7.32. The maximum atomic E-state index is 12.6. The molecule has 0 aliphatic carbocycles. The molecule has 3 aromatic rings. The summed E-state index contributed by atoms with van der Waals surface area (Å²) in [5.74, 6) is -0.886. The first-order valence-corrected chi connectivity index (χ1v) is 11.3. The molecule has 33 heavy (non-hydrogen) atoms. The second kappa shape index (κ2) is 10.8. The summed E-state index contributed by atoms with van der Waals surface area (Å²) >= 11 is 1.21. The first-order chi connectivity index (χ1) is 15.8. The lowest BCUT2D eigenvalue weighted by Crippen LogP contribution is -2.29. The Kier molecular flexibility index (Phi) is 7.83. The number of carbonyl (C=O) groups excluding carboxylic acids is 2. The third-order valence-electron chi connectivity index (χ3n) is 4.91. The van der Waals surface area contributed by atoms with Gasteiger partial charge in [-0.05, 0) is 50.6 Å². The van der Waals surface area contributed by atoms with Gasteiger partial charge in [0.15, 0.2) is 11.0 Å². The van der Waals surface area contributed by atoms with Gasteiger partial charge in [-0.2, -0.15) is 0 Å². The number of hydrogen-bond donors (Lipinski definition) is 3. The first-order valence-electron chi connectivity index (χ1n) is 10.4. The number of aryl methyl sites for hydroxylation is 1. The van der Waals surface area contributed by atoms with Gasteiger partial charge in [0, 0.05) is 17.8 Å². The number of aromatic carboxylic acids is 1. The van der Waals surface area contributed by atoms with Crippen LogP contribution in [-0.4, -0.2) is 43.4 Å². The highest BCUT2D eigenvalue weighted by molar-refractivity contribution is 7.99. The Morgan fingerprint density at radius 1 is 1.12 bits per heavy atom. The van der Waals surface area contributed by atoms with Gasteiger partial charge in [0.05, 0.1) is 17.4 Å². The van der Waals surface area contributed by atoms with E-state index in [-0.39, 0.29) is 29.2 Å². The molecule has 172 valence electrons. The van der Waals surface area contributed by atoms with Crippen LogP contribution in [0.2, 0.25) is 0 Å². The molecule has 2 aromatic carbocycles. The average Bonchev–Trinajstić information content (AvgIpc) is 3.21. The van der Waals surface area contributed by atoms with Crippen LogP contribution in [-0.2, 0) is 11.3 Å². The number of carboxylic acid groups (broad SMARTS) is 1. The van der Waals surface area contributed by atoms with Gasteiger partial charge in [-0.1, -0.05) is 36.0 Å². The van der Waals surface area contributed by atoms with E-state index in [0.717, 1.165) is 5.56 Å². The lowest BCUT2D eigenvalue weighted by Gasteiger charge is -2.16. The summed E-state index contributed by atoms with van der Waals surface area (Å²) in [7, 11) is 0. The molecule has 2 amide bonds. The fourth-order valence-electron chi connectivity index (χ4n) is 3.25. The van der Waals surface area contributed by atoms with Crippen molar-refractivity contribution in [2.45, 2.75) is 38.5 Å². The number of thioether (sulfide) groups is 1. The summed E-state index contributed by atoms with van der Waals surface area (Å²) in [4.78, 5) is 36.1. The van der Waals surface area contributed by atoms with Crippen molar-refractivity contribution in [1.29, 1.82) is 0 Å². The number of anilines is 1. The number of carbonyl (C=O) groups is 3. The number of carboxylic acids is 1. The van der Waals surface area contributed by atoms with E-state index in [9.17, 15) is 14.4 Å². The molecule has 10 heteroatoms. The van der Waals surface area contributed by atoms with Crippen molar-refractivity contribution < 1.29 is 19.5 Å². The molecule has 0 aliphatic heterocycles. The summed E-state index contributed by atoms with van der Waals surface area (Å²) in [6.07, 6.45) is 0. The van der Waals surface area contributed by atoms with Crippen LogP contribution in [0.15, 0.2) is 53.7 Å². The van der Waals surface area contributed by atoms with E-state index in [1.165, 1.54) is 23.9 Å². The van der Waals surface area contributed by atoms with Gasteiger partial charge in [-0.15, -0.1) is 10.2 Å². The van der Waals surface area contributed by atoms with Crippen molar-refractivity contribution in [3.05, 3.63) is 71.0 Å². The standard InChI is InChI=1S/C23H25N5O4S/c1-4-28-20(15(3)24-21(30)18-11-6-5-8-14(18)2)26-27-23(28)33-13-19(29)25-17-10-7-9-16(12-17)22(31)32/h5-12,15H,4,13H2,1-3H3,(H,24,30)(H,25,29)(H,31,32)/t15-/m1/s1. The highest BCUT2D eigenvalue weighted by atomic mass is 32.2. The topological polar surface area (TPSA) is 126 Å². The minimum atomic E-state index is -1.06. The average molecular weight is 468 g/mol. The van der Waals surface area contributed by atoms with E-state index >= 15 is 0 Å². The zero-order chi connectivity index (χ0) is 24.0. The number of nitrogens with one attached hydrogen (secondary N) is 2. The van der Waals surface area contributed by atoms with Crippen molar-refractivity contribution in [2.24, 2.45) is 0 Å². The van der Waals surface area contributed by atoms with Crippen LogP contribution in [0.25, 0.3) is 0 Å². The van der Waals surface area contributed by atoms with E-state index < -0.39 is 5.97 Å². The second-order valence-corrected chi connectivity index (χ2v) is 8.26. The Morgan fingerprint density at radius 2 is 1.88 bits per heavy atom. The third-order valence-corrected chi connectivity index (χ3v) is 5.88. The monoisotopic (exact) mass is 467 g/mol. The van der Waals surface area contributed by atoms with Gasteiger partial charge < -0.3 is 20.3 Å². The smallest absolute Gasteiger partial charge is 0.335 e. The Morgan fingerprint density at radius 3 is 2.58 bits per heavy atom. The van der Waals surface area contributed by atoms with E-state index in [0.29, 0.717) is 28.8 Å². The number of hydrogen-bond acceptors (Lipinski definition) is 6. The van der Waals surface area contributed by atoms with Crippen molar-refractivity contribution in [3.8, 4) is 0 Å². The van der Waals surface area contributed by atoms with Crippen molar-refractivity contribution in [1.82, 2.24) is 20.1 Å². The molecular formula is C23H25N5O4S. The molecule has 3 N–H and O–H groups in total. The van der Waals surface area contributed by atoms with Gasteiger partial charge in [-0.25, -0.2) is 4.79 Å². The van der Waals surface area contributed by atoms with Gasteiger partial charge in [-0.3, -0.25) is 9.59 Å². The van der Waals surface area contributed by atoms with Crippen molar-refractivity contribution >= 4 is 35.2 Å². The summed E-state index contributed by atoms with van der Waals surface area (Å²) in [6.45, 7) is 6.22. The Balaban J connectivity index is 1.63. The molecule has 0 radical (unpaired) electrons. The highest BCUT2D eigenvalue weighted by Crippen LogP contribution is 2.21. The molecule has 0 unspecified atom stereocenters. The number of nitrogens with zero attached hydrogens (tertiary/aromatic N) is 3. The summed E-state index contributed by atoms with van der Waals surface area (Å²) in [5.41, 5.74) is 1.99. The van der Waals surface area contributed by atoms with E-state index in [4.69, 9.17) is 5.11 Å². The lowest BCUT2D eigenvalue weighted by atomic mass is 10.1. The zero-order valence-corrected chi connectivity index (χ0v) is 19.3. The zero-order valence-electron chi connectivity index (χ0n) is 18.5. The fourth-order valence-corrected chi connectivity index (χ4v) is 4.06. The molecule has 1 heterocycles. The summed E-state index contributed by atoms with van der Waals surface area (Å²) < 4.78 is 1.85. The van der Waals surface area contributed by atoms with Gasteiger partial charge >= 0.3 is 5.97 Å². The largest absolute Gasteiger partial charge is 0.478 e. The molecule has 1 aromatic heterocycles. The Bertz CT molecular complexity index is 1180. The van der Waals surface area contributed by atoms with Crippen LogP contribution in [0.3, 0.4) is 0 Å². The number of rotatable bonds is 9. The fraction of sp³-hybridized carbons (Fsp3) is 0.261. The predicted octanol–water partition coefficient (Wildman–Crippen LogP) is 3.53. The maximum absolute atomic E-state index is 12.6. The van der Waals surface area contributed by atoms with Crippen molar-refractivity contribution in [2.75, 3.05) is 11.1 Å². The summed E-state index contributed by atoms with van der Waals surface area (Å²) in [5, 5.41) is 23.7. The van der Waals surface area contributed by atoms with Crippen LogP contribution >= 0.6 is 11.8 Å². The molecule has 0 saturated heterocycles. The quantitative estimate of drug-likeness (QED) is 0.411. The first kappa shape index (κ1) is 24.0. The minimum absolute atomic E-state index is 0.0688. The highest BCUT2D eigenvalue weighted by Gasteiger charge is 2.20. The van der Waals surface area contributed by atoms with E-state index in [2.05, 4.69) is 20.8 Å². The van der Waals surface area contributed by atoms with Gasteiger partial charge in [0.25, 0.3) is 5.91 Å². The van der Waals surface area contributed by atoms with Crippen LogP contribution in [0.4, 0.5) is 5.69 Å². The number of aromatic nitrogens is 3. The lowest BCUT2D eigenvalue weighted by molar-refractivity contribution is -0.113. The molecular weight excluding hydrogens is 442 g/mol. The SMILES string of the molecule is CCn1c(SCC(=O)Nc2cccc(C(=O)O)c2)nnc1[C@@H](C)NC(=O)c1ccccc1C. The molecule has 0 bridgehead atoms. The molecule has 0 saturated carbocycles. The number of amides is 2. The molecule has 1 atom stereocenters. The molecule has 3 rings (SSSR count). The van der Waals surface area contributed by atoms with E-state index in [1.807, 2.05) is 43.5 Å². The summed E-state index contributed by atoms with van der Waals surface area (Å²) in [6, 6.07) is 13.0. The van der Waals surface area contributed by atoms with E-state index in [1.54, 1.807) is 18.2 Å². The molecule has 9 nitrogen and oxygen atoms in total. The van der Waals surface area contributed by atoms with Gasteiger partial charge in [0.1, 0.15) is 0 Å². The van der Waals surface area contributed by atoms with Gasteiger partial charge in [0.2, 0.25) is 5.91 Å². The minimum Gasteiger partial charge on any atom is -0.478 e. The van der Waals surface area contributed by atoms with Crippen LogP contribution < -0.4 is 10.6 Å². The van der Waals surface area contributed by atoms with Crippen LogP contribution in [0, 0.1) is 6.92 Å². The Hall–Kier alpha value is -3.66. The normalized spacial score (nSPS) is 11.6. The van der Waals surface area contributed by atoms with Crippen LogP contribution in [0.5, 0.6) is 0 Å². The Labute approximate surface area is 195 Å². The molecule has 0 spiro atoms. The third kappa shape index (κ3) is 5.98. The van der Waals surface area contributed by atoms with Crippen LogP contribution in [0.1, 0.15) is 52.0 Å².